The second-order valence-electron chi connectivity index (χ2n) is 7.40. The van der Waals surface area contributed by atoms with E-state index in [4.69, 9.17) is 4.74 Å². The number of nitrogens with zero attached hydrogens (tertiary/aromatic N) is 3. The summed E-state index contributed by atoms with van der Waals surface area (Å²) in [6, 6.07) is 0. The molecule has 2 heterocycles. The Bertz CT molecular complexity index is 814. The topological polar surface area (TPSA) is 77.2 Å². The zero-order valence-corrected chi connectivity index (χ0v) is 16.0. The third kappa shape index (κ3) is 3.32. The van der Waals surface area contributed by atoms with Crippen molar-refractivity contribution in [1.82, 2.24) is 14.8 Å². The number of phenols is 1. The van der Waals surface area contributed by atoms with E-state index in [-0.39, 0.29) is 5.78 Å². The number of hydrogen-bond acceptors (Lipinski definition) is 5. The quantitative estimate of drug-likeness (QED) is 0.802. The van der Waals surface area contributed by atoms with Crippen LogP contribution in [-0.4, -0.2) is 31.3 Å². The molecule has 0 spiro atoms. The van der Waals surface area contributed by atoms with Crippen LogP contribution in [0.2, 0.25) is 0 Å². The molecule has 1 atom stereocenters. The van der Waals surface area contributed by atoms with Crippen LogP contribution >= 0.6 is 0 Å². The number of aryl methyl sites for hydroxylation is 1. The molecule has 0 amide bonds. The minimum Gasteiger partial charge on any atom is -0.507 e. The Morgan fingerprint density at radius 3 is 2.73 bits per heavy atom. The smallest absolute Gasteiger partial charge is 0.176 e. The van der Waals surface area contributed by atoms with Crippen molar-refractivity contribution in [1.29, 1.82) is 0 Å². The third-order valence-electron chi connectivity index (χ3n) is 5.62. The van der Waals surface area contributed by atoms with Gasteiger partial charge in [0.2, 0.25) is 0 Å². The van der Waals surface area contributed by atoms with Crippen molar-refractivity contribution < 1.29 is 14.6 Å². The molecule has 3 rings (SSSR count). The number of carbonyl (C=O) groups is 1. The highest BCUT2D eigenvalue weighted by Crippen LogP contribution is 2.43. The maximum atomic E-state index is 12.8. The highest BCUT2D eigenvalue weighted by molar-refractivity contribution is 5.87. The van der Waals surface area contributed by atoms with Gasteiger partial charge in [-0.2, -0.15) is 5.10 Å². The molecule has 0 fully saturated rings. The molecule has 1 aromatic carbocycles. The fourth-order valence-electron chi connectivity index (χ4n) is 3.62. The molecule has 0 saturated heterocycles. The van der Waals surface area contributed by atoms with E-state index in [2.05, 4.69) is 10.1 Å². The molecule has 1 unspecified atom stereocenters. The number of ether oxygens (including phenoxy) is 1. The minimum absolute atomic E-state index is 0.143. The Morgan fingerprint density at radius 2 is 2.04 bits per heavy atom. The number of Topliss-reactive ketones (excluding diaryl/α,β-unsaturated/α-hetero) is 1. The van der Waals surface area contributed by atoms with Crippen LogP contribution in [0.4, 0.5) is 0 Å². The Balaban J connectivity index is 1.67. The fraction of sp³-hybridized carbons (Fsp3) is 0.550. The summed E-state index contributed by atoms with van der Waals surface area (Å²) in [6.07, 6.45) is 6.78. The van der Waals surface area contributed by atoms with E-state index in [0.717, 1.165) is 53.8 Å². The van der Waals surface area contributed by atoms with Crippen molar-refractivity contribution in [2.24, 2.45) is 0 Å². The Morgan fingerprint density at radius 1 is 1.27 bits per heavy atom. The molecule has 26 heavy (non-hydrogen) atoms. The average molecular weight is 357 g/mol. The standard InChI is InChI=1S/C20H27N3O3/c1-13-14(2)19-16(15(3)18(13)25)8-9-20(4,26-19)17(24)7-5-6-10-23-12-21-11-22-23/h11-12,25H,5-10H2,1-4H3. The Kier molecular flexibility index (Phi) is 5.03. The van der Waals surface area contributed by atoms with E-state index >= 15 is 0 Å². The van der Waals surface area contributed by atoms with E-state index < -0.39 is 5.60 Å². The number of aromatic nitrogens is 3. The highest BCUT2D eigenvalue weighted by atomic mass is 16.5. The summed E-state index contributed by atoms with van der Waals surface area (Å²) in [5.41, 5.74) is 2.85. The van der Waals surface area contributed by atoms with Gasteiger partial charge in [0.15, 0.2) is 11.4 Å². The lowest BCUT2D eigenvalue weighted by molar-refractivity contribution is -0.134. The van der Waals surface area contributed by atoms with Crippen molar-refractivity contribution in [2.75, 3.05) is 0 Å². The first-order valence-electron chi connectivity index (χ1n) is 9.20. The van der Waals surface area contributed by atoms with Crippen molar-refractivity contribution in [3.05, 3.63) is 34.9 Å². The highest BCUT2D eigenvalue weighted by Gasteiger charge is 2.39. The summed E-state index contributed by atoms with van der Waals surface area (Å²) < 4.78 is 8.02. The lowest BCUT2D eigenvalue weighted by Gasteiger charge is -2.36. The lowest BCUT2D eigenvalue weighted by Crippen LogP contribution is -2.44. The van der Waals surface area contributed by atoms with Crippen LogP contribution in [-0.2, 0) is 17.8 Å². The van der Waals surface area contributed by atoms with E-state index in [1.54, 1.807) is 11.0 Å². The summed E-state index contributed by atoms with van der Waals surface area (Å²) in [5.74, 6) is 1.26. The Hall–Kier alpha value is -2.37. The van der Waals surface area contributed by atoms with Crippen LogP contribution in [0.1, 0.15) is 54.9 Å². The molecular formula is C20H27N3O3. The number of benzene rings is 1. The summed E-state index contributed by atoms with van der Waals surface area (Å²) in [6.45, 7) is 8.41. The van der Waals surface area contributed by atoms with Gasteiger partial charge in [0.05, 0.1) is 0 Å². The van der Waals surface area contributed by atoms with Gasteiger partial charge in [-0.3, -0.25) is 9.48 Å². The van der Waals surface area contributed by atoms with Gasteiger partial charge in [-0.25, -0.2) is 4.98 Å². The second-order valence-corrected chi connectivity index (χ2v) is 7.40. The number of rotatable bonds is 6. The van der Waals surface area contributed by atoms with E-state index in [1.165, 1.54) is 6.33 Å². The first-order chi connectivity index (χ1) is 12.3. The van der Waals surface area contributed by atoms with E-state index in [1.807, 2.05) is 27.7 Å². The minimum atomic E-state index is -0.791. The molecule has 0 aliphatic carbocycles. The molecule has 6 heteroatoms. The van der Waals surface area contributed by atoms with Crippen LogP contribution in [0, 0.1) is 20.8 Å². The number of phenolic OH excluding ortho intramolecular Hbond substituents is 1. The second kappa shape index (κ2) is 7.09. The summed E-state index contributed by atoms with van der Waals surface area (Å²) in [4.78, 5) is 16.7. The number of ketones is 1. The summed E-state index contributed by atoms with van der Waals surface area (Å²) in [7, 11) is 0. The van der Waals surface area contributed by atoms with Gasteiger partial charge in [0.25, 0.3) is 0 Å². The van der Waals surface area contributed by atoms with Gasteiger partial charge >= 0.3 is 0 Å². The number of carbonyl (C=O) groups excluding carboxylic acids is 1. The molecule has 6 nitrogen and oxygen atoms in total. The fourth-order valence-corrected chi connectivity index (χ4v) is 3.62. The first-order valence-corrected chi connectivity index (χ1v) is 9.20. The third-order valence-corrected chi connectivity index (χ3v) is 5.62. The van der Waals surface area contributed by atoms with Crippen LogP contribution in [0.15, 0.2) is 12.7 Å². The molecule has 1 aromatic heterocycles. The maximum absolute atomic E-state index is 12.8. The van der Waals surface area contributed by atoms with Crippen LogP contribution in [0.25, 0.3) is 0 Å². The molecule has 0 bridgehead atoms. The van der Waals surface area contributed by atoms with Crippen LogP contribution in [0.5, 0.6) is 11.5 Å². The van der Waals surface area contributed by atoms with Crippen molar-refractivity contribution in [3.63, 3.8) is 0 Å². The number of aromatic hydroxyl groups is 1. The zero-order chi connectivity index (χ0) is 18.9. The number of hydrogen-bond donors (Lipinski definition) is 1. The first kappa shape index (κ1) is 18.4. The van der Waals surface area contributed by atoms with Gasteiger partial charge in [-0.1, -0.05) is 0 Å². The molecule has 0 saturated carbocycles. The molecule has 0 radical (unpaired) electrons. The van der Waals surface area contributed by atoms with E-state index in [0.29, 0.717) is 18.6 Å². The van der Waals surface area contributed by atoms with Gasteiger partial charge in [-0.05, 0) is 70.1 Å². The number of unbranched alkanes of at least 4 members (excludes halogenated alkanes) is 1. The largest absolute Gasteiger partial charge is 0.507 e. The summed E-state index contributed by atoms with van der Waals surface area (Å²) in [5, 5.41) is 14.3. The molecule has 1 aliphatic heterocycles. The molecule has 140 valence electrons. The number of fused-ring (bicyclic) bond motifs is 1. The molecule has 1 aliphatic rings. The van der Waals surface area contributed by atoms with Gasteiger partial charge in [-0.15, -0.1) is 0 Å². The van der Waals surface area contributed by atoms with Gasteiger partial charge < -0.3 is 9.84 Å². The van der Waals surface area contributed by atoms with Crippen LogP contribution in [0.3, 0.4) is 0 Å². The maximum Gasteiger partial charge on any atom is 0.176 e. The van der Waals surface area contributed by atoms with Gasteiger partial charge in [0, 0.05) is 18.5 Å². The van der Waals surface area contributed by atoms with Gasteiger partial charge in [0.1, 0.15) is 24.2 Å². The molecule has 1 N–H and O–H groups in total. The van der Waals surface area contributed by atoms with Crippen molar-refractivity contribution in [2.45, 2.75) is 71.9 Å². The lowest BCUT2D eigenvalue weighted by atomic mass is 9.84. The monoisotopic (exact) mass is 357 g/mol. The Labute approximate surface area is 154 Å². The molecule has 2 aromatic rings. The summed E-state index contributed by atoms with van der Waals surface area (Å²) >= 11 is 0. The van der Waals surface area contributed by atoms with Crippen molar-refractivity contribution >= 4 is 5.78 Å². The van der Waals surface area contributed by atoms with Crippen LogP contribution < -0.4 is 4.74 Å². The SMILES string of the molecule is Cc1c(C)c2c(c(C)c1O)CCC(C)(C(=O)CCCCn1cncn1)O2. The van der Waals surface area contributed by atoms with E-state index in [9.17, 15) is 9.90 Å². The average Bonchev–Trinajstić information content (AvgIpc) is 3.15. The predicted octanol–water partition coefficient (Wildman–Crippen LogP) is 3.43. The van der Waals surface area contributed by atoms with Crippen molar-refractivity contribution in [3.8, 4) is 11.5 Å². The zero-order valence-electron chi connectivity index (χ0n) is 16.0. The molecular weight excluding hydrogens is 330 g/mol. The predicted molar refractivity (Wildman–Crippen MR) is 98.6 cm³/mol. The normalized spacial score (nSPS) is 19.1.